The monoisotopic (exact) mass is 222 g/mol. The van der Waals surface area contributed by atoms with Crippen LogP contribution in [0.4, 0.5) is 0 Å². The van der Waals surface area contributed by atoms with Crippen LogP contribution in [-0.4, -0.2) is 22.9 Å². The lowest BCUT2D eigenvalue weighted by atomic mass is 9.84. The summed E-state index contributed by atoms with van der Waals surface area (Å²) in [6.07, 6.45) is 7.94. The molecule has 1 aromatic heterocycles. The van der Waals surface area contributed by atoms with E-state index in [1.54, 1.807) is 6.20 Å². The van der Waals surface area contributed by atoms with Crippen LogP contribution in [0.15, 0.2) is 6.20 Å². The first kappa shape index (κ1) is 11.3. The summed E-state index contributed by atoms with van der Waals surface area (Å²) in [7, 11) is 0. The fourth-order valence-corrected chi connectivity index (χ4v) is 2.48. The summed E-state index contributed by atoms with van der Waals surface area (Å²) in [6, 6.07) is 0. The van der Waals surface area contributed by atoms with E-state index in [1.807, 2.05) is 6.92 Å². The Morgan fingerprint density at radius 2 is 2.25 bits per heavy atom. The van der Waals surface area contributed by atoms with Crippen molar-refractivity contribution in [2.45, 2.75) is 44.6 Å². The van der Waals surface area contributed by atoms with Crippen molar-refractivity contribution in [1.29, 1.82) is 0 Å². The number of nitrogens with one attached hydrogen (secondary N) is 1. The summed E-state index contributed by atoms with van der Waals surface area (Å²) in [6.45, 7) is 2.68. The molecule has 0 amide bonds. The average Bonchev–Trinajstić information content (AvgIpc) is 2.80. The van der Waals surface area contributed by atoms with Gasteiger partial charge < -0.3 is 9.72 Å². The highest BCUT2D eigenvalue weighted by Crippen LogP contribution is 2.38. The molecule has 16 heavy (non-hydrogen) atoms. The van der Waals surface area contributed by atoms with Gasteiger partial charge >= 0.3 is 0 Å². The number of hydrogen-bond acceptors (Lipinski definition) is 3. The number of imidazole rings is 1. The maximum atomic E-state index is 10.7. The van der Waals surface area contributed by atoms with Crippen molar-refractivity contribution >= 4 is 6.29 Å². The maximum absolute atomic E-state index is 10.7. The molecule has 2 rings (SSSR count). The Morgan fingerprint density at radius 1 is 1.50 bits per heavy atom. The van der Waals surface area contributed by atoms with Crippen LogP contribution in [-0.2, 0) is 10.3 Å². The topological polar surface area (TPSA) is 55.0 Å². The van der Waals surface area contributed by atoms with Crippen LogP contribution in [0.1, 0.15) is 55.3 Å². The van der Waals surface area contributed by atoms with Crippen LogP contribution in [0.25, 0.3) is 0 Å². The minimum Gasteiger partial charge on any atom is -0.367 e. The Balaban J connectivity index is 2.26. The van der Waals surface area contributed by atoms with Gasteiger partial charge in [0.25, 0.3) is 0 Å². The summed E-state index contributed by atoms with van der Waals surface area (Å²) < 4.78 is 5.90. The van der Waals surface area contributed by atoms with E-state index in [-0.39, 0.29) is 5.60 Å². The SMILES string of the molecule is CCOC1(c2ncc(C=O)[nH]2)CCCCC1. The number of hydrogen-bond donors (Lipinski definition) is 1. The van der Waals surface area contributed by atoms with Gasteiger partial charge in [0.05, 0.1) is 11.9 Å². The number of ether oxygens (including phenoxy) is 1. The van der Waals surface area contributed by atoms with Crippen molar-refractivity contribution in [3.63, 3.8) is 0 Å². The van der Waals surface area contributed by atoms with E-state index >= 15 is 0 Å². The predicted molar refractivity (Wildman–Crippen MR) is 60.4 cm³/mol. The lowest BCUT2D eigenvalue weighted by Crippen LogP contribution is -2.33. The smallest absolute Gasteiger partial charge is 0.167 e. The van der Waals surface area contributed by atoms with Gasteiger partial charge in [-0.05, 0) is 19.8 Å². The number of aromatic amines is 1. The number of rotatable bonds is 4. The third kappa shape index (κ3) is 2.02. The van der Waals surface area contributed by atoms with E-state index in [1.165, 1.54) is 6.42 Å². The summed E-state index contributed by atoms with van der Waals surface area (Å²) in [5, 5.41) is 0. The second-order valence-electron chi connectivity index (χ2n) is 4.29. The molecule has 1 aliphatic rings. The molecular formula is C12H18N2O2. The molecule has 88 valence electrons. The Hall–Kier alpha value is -1.16. The van der Waals surface area contributed by atoms with Crippen molar-refractivity contribution in [2.24, 2.45) is 0 Å². The molecule has 0 spiro atoms. The molecule has 0 saturated heterocycles. The van der Waals surface area contributed by atoms with E-state index in [9.17, 15) is 4.79 Å². The number of aldehydes is 1. The molecule has 0 radical (unpaired) electrons. The van der Waals surface area contributed by atoms with Crippen LogP contribution in [0, 0.1) is 0 Å². The number of nitrogens with zero attached hydrogens (tertiary/aromatic N) is 1. The van der Waals surface area contributed by atoms with E-state index < -0.39 is 0 Å². The maximum Gasteiger partial charge on any atom is 0.167 e. The van der Waals surface area contributed by atoms with Crippen LogP contribution < -0.4 is 0 Å². The summed E-state index contributed by atoms with van der Waals surface area (Å²) in [5.74, 6) is 0.816. The van der Waals surface area contributed by atoms with Gasteiger partial charge in [0.2, 0.25) is 0 Å². The molecular weight excluding hydrogens is 204 g/mol. The molecule has 1 N–H and O–H groups in total. The third-order valence-corrected chi connectivity index (χ3v) is 3.24. The largest absolute Gasteiger partial charge is 0.367 e. The summed E-state index contributed by atoms with van der Waals surface area (Å²) in [5.41, 5.74) is 0.244. The first-order valence-corrected chi connectivity index (χ1v) is 5.95. The molecule has 0 bridgehead atoms. The standard InChI is InChI=1S/C12H18N2O2/c1-2-16-12(6-4-3-5-7-12)11-13-8-10(9-15)14-11/h8-9H,2-7H2,1H3,(H,13,14). The molecule has 1 heterocycles. The van der Waals surface area contributed by atoms with E-state index in [4.69, 9.17) is 4.74 Å². The van der Waals surface area contributed by atoms with Crippen LogP contribution in [0.2, 0.25) is 0 Å². The molecule has 0 unspecified atom stereocenters. The van der Waals surface area contributed by atoms with Crippen LogP contribution in [0.5, 0.6) is 0 Å². The average molecular weight is 222 g/mol. The van der Waals surface area contributed by atoms with Crippen LogP contribution >= 0.6 is 0 Å². The molecule has 1 aromatic rings. The first-order chi connectivity index (χ1) is 7.80. The summed E-state index contributed by atoms with van der Waals surface area (Å²) in [4.78, 5) is 18.0. The second kappa shape index (κ2) is 4.78. The van der Waals surface area contributed by atoms with Crippen molar-refractivity contribution in [1.82, 2.24) is 9.97 Å². The zero-order valence-electron chi connectivity index (χ0n) is 9.66. The fourth-order valence-electron chi connectivity index (χ4n) is 2.48. The third-order valence-electron chi connectivity index (χ3n) is 3.24. The van der Waals surface area contributed by atoms with E-state index in [0.717, 1.165) is 37.8 Å². The van der Waals surface area contributed by atoms with Crippen molar-refractivity contribution in [3.8, 4) is 0 Å². The molecule has 0 atom stereocenters. The molecule has 4 heteroatoms. The molecule has 0 aliphatic heterocycles. The molecule has 1 saturated carbocycles. The number of aromatic nitrogens is 2. The second-order valence-corrected chi connectivity index (χ2v) is 4.29. The Morgan fingerprint density at radius 3 is 2.81 bits per heavy atom. The minimum absolute atomic E-state index is 0.283. The lowest BCUT2D eigenvalue weighted by molar-refractivity contribution is -0.0761. The lowest BCUT2D eigenvalue weighted by Gasteiger charge is -2.35. The zero-order chi connectivity index (χ0) is 11.4. The van der Waals surface area contributed by atoms with Gasteiger partial charge in [-0.15, -0.1) is 0 Å². The van der Waals surface area contributed by atoms with E-state index in [0.29, 0.717) is 12.3 Å². The number of carbonyl (C=O) groups excluding carboxylic acids is 1. The highest BCUT2D eigenvalue weighted by atomic mass is 16.5. The molecule has 1 fully saturated rings. The van der Waals surface area contributed by atoms with Crippen molar-refractivity contribution in [3.05, 3.63) is 17.7 Å². The highest BCUT2D eigenvalue weighted by Gasteiger charge is 2.37. The minimum atomic E-state index is -0.283. The van der Waals surface area contributed by atoms with Crippen LogP contribution in [0.3, 0.4) is 0 Å². The Labute approximate surface area is 95.4 Å². The van der Waals surface area contributed by atoms with E-state index in [2.05, 4.69) is 9.97 Å². The van der Waals surface area contributed by atoms with Gasteiger partial charge in [-0.25, -0.2) is 4.98 Å². The molecule has 4 nitrogen and oxygen atoms in total. The highest BCUT2D eigenvalue weighted by molar-refractivity contribution is 5.71. The summed E-state index contributed by atoms with van der Waals surface area (Å²) >= 11 is 0. The van der Waals surface area contributed by atoms with Crippen molar-refractivity contribution < 1.29 is 9.53 Å². The van der Waals surface area contributed by atoms with Gasteiger partial charge in [0, 0.05) is 6.61 Å². The van der Waals surface area contributed by atoms with Gasteiger partial charge in [0.1, 0.15) is 11.4 Å². The fraction of sp³-hybridized carbons (Fsp3) is 0.667. The van der Waals surface area contributed by atoms with Gasteiger partial charge in [0.15, 0.2) is 6.29 Å². The predicted octanol–water partition coefficient (Wildman–Crippen LogP) is 2.42. The Bertz CT molecular complexity index is 348. The number of H-pyrrole nitrogens is 1. The Kier molecular flexibility index (Phi) is 3.39. The zero-order valence-corrected chi connectivity index (χ0v) is 9.66. The number of carbonyl (C=O) groups is 1. The quantitative estimate of drug-likeness (QED) is 0.796. The van der Waals surface area contributed by atoms with Crippen molar-refractivity contribution in [2.75, 3.05) is 6.61 Å². The normalized spacial score (nSPS) is 19.6. The molecule has 0 aromatic carbocycles. The van der Waals surface area contributed by atoms with Gasteiger partial charge in [-0.3, -0.25) is 4.79 Å². The van der Waals surface area contributed by atoms with Gasteiger partial charge in [-0.1, -0.05) is 19.3 Å². The van der Waals surface area contributed by atoms with Gasteiger partial charge in [-0.2, -0.15) is 0 Å². The molecule has 1 aliphatic carbocycles. The first-order valence-electron chi connectivity index (χ1n) is 5.95.